The molecule has 2 fully saturated rings. The largest absolute Gasteiger partial charge is 0.355 e. The van der Waals surface area contributed by atoms with Gasteiger partial charge in [0.2, 0.25) is 11.8 Å². The van der Waals surface area contributed by atoms with Crippen molar-refractivity contribution in [2.24, 2.45) is 22.0 Å². The lowest BCUT2D eigenvalue weighted by molar-refractivity contribution is -0.135. The second-order valence-electron chi connectivity index (χ2n) is 9.58. The molecule has 4 atom stereocenters. The van der Waals surface area contributed by atoms with Gasteiger partial charge in [0, 0.05) is 36.1 Å². The summed E-state index contributed by atoms with van der Waals surface area (Å²) in [5.41, 5.74) is 8.00. The number of hydrogen-bond acceptors (Lipinski definition) is 6. The van der Waals surface area contributed by atoms with Crippen molar-refractivity contribution >= 4 is 36.1 Å². The average molecular weight is 537 g/mol. The molecule has 4 N–H and O–H groups in total. The molecular formula is C30H28N6O4. The summed E-state index contributed by atoms with van der Waals surface area (Å²) < 4.78 is 0. The van der Waals surface area contributed by atoms with Gasteiger partial charge in [0.1, 0.15) is 11.8 Å². The molecule has 0 radical (unpaired) electrons. The molecule has 0 aliphatic carbocycles. The Kier molecular flexibility index (Phi) is 8.05. The van der Waals surface area contributed by atoms with Gasteiger partial charge in [0.25, 0.3) is 11.8 Å². The van der Waals surface area contributed by atoms with E-state index in [2.05, 4.69) is 31.7 Å². The zero-order valence-corrected chi connectivity index (χ0v) is 21.5. The molecule has 5 rings (SSSR count). The molecule has 40 heavy (non-hydrogen) atoms. The third kappa shape index (κ3) is 5.80. The highest BCUT2D eigenvalue weighted by Gasteiger charge is 2.42. The summed E-state index contributed by atoms with van der Waals surface area (Å²) in [5, 5.41) is 13.6. The molecule has 2 aliphatic heterocycles. The minimum atomic E-state index is -0.890. The van der Waals surface area contributed by atoms with Crippen molar-refractivity contribution < 1.29 is 19.2 Å². The van der Waals surface area contributed by atoms with E-state index < -0.39 is 23.7 Å². The maximum absolute atomic E-state index is 12.9. The van der Waals surface area contributed by atoms with E-state index in [0.29, 0.717) is 24.2 Å². The Labute approximate surface area is 230 Å². The molecule has 202 valence electrons. The van der Waals surface area contributed by atoms with Crippen LogP contribution in [0, 0.1) is 11.8 Å². The van der Waals surface area contributed by atoms with Gasteiger partial charge in [-0.3, -0.25) is 19.2 Å². The number of carbonyl (C=O) groups is 4. The van der Waals surface area contributed by atoms with Crippen molar-refractivity contribution in [1.29, 1.82) is 0 Å². The number of hydrogen-bond donors (Lipinski definition) is 4. The van der Waals surface area contributed by atoms with E-state index in [4.69, 9.17) is 0 Å². The Morgan fingerprint density at radius 3 is 1.40 bits per heavy atom. The van der Waals surface area contributed by atoms with Gasteiger partial charge in [-0.2, -0.15) is 10.2 Å². The molecule has 0 saturated carbocycles. The Morgan fingerprint density at radius 1 is 0.625 bits per heavy atom. The number of benzene rings is 3. The highest BCUT2D eigenvalue weighted by Crippen LogP contribution is 2.30. The van der Waals surface area contributed by atoms with Crippen LogP contribution >= 0.6 is 0 Å². The van der Waals surface area contributed by atoms with Crippen LogP contribution in [0.4, 0.5) is 0 Å². The molecule has 2 aliphatic rings. The highest BCUT2D eigenvalue weighted by molar-refractivity contribution is 6.04. The Balaban J connectivity index is 1.22. The number of amides is 4. The lowest BCUT2D eigenvalue weighted by atomic mass is 9.88. The van der Waals surface area contributed by atoms with Gasteiger partial charge in [-0.25, -0.2) is 10.9 Å². The van der Waals surface area contributed by atoms with E-state index in [1.807, 2.05) is 60.7 Å². The Hall–Kier alpha value is -5.12. The zero-order valence-electron chi connectivity index (χ0n) is 21.5. The maximum atomic E-state index is 12.9. The summed E-state index contributed by atoms with van der Waals surface area (Å²) in [4.78, 5) is 50.5. The predicted molar refractivity (Wildman–Crippen MR) is 149 cm³/mol. The van der Waals surface area contributed by atoms with Gasteiger partial charge in [-0.1, -0.05) is 84.9 Å². The van der Waals surface area contributed by atoms with Crippen molar-refractivity contribution in [2.75, 3.05) is 13.1 Å². The van der Waals surface area contributed by atoms with Crippen molar-refractivity contribution in [3.8, 4) is 0 Å². The van der Waals surface area contributed by atoms with Crippen molar-refractivity contribution in [2.45, 2.75) is 11.8 Å². The van der Waals surface area contributed by atoms with Crippen LogP contribution in [-0.4, -0.2) is 49.1 Å². The molecule has 0 unspecified atom stereocenters. The maximum Gasteiger partial charge on any atom is 0.253 e. The lowest BCUT2D eigenvalue weighted by Crippen LogP contribution is -2.34. The fraction of sp³-hybridized carbons (Fsp3) is 0.200. The van der Waals surface area contributed by atoms with Crippen LogP contribution in [0.3, 0.4) is 0 Å². The van der Waals surface area contributed by atoms with Gasteiger partial charge < -0.3 is 10.6 Å². The van der Waals surface area contributed by atoms with Crippen molar-refractivity contribution in [1.82, 2.24) is 21.5 Å². The first-order valence-corrected chi connectivity index (χ1v) is 12.9. The van der Waals surface area contributed by atoms with Crippen LogP contribution in [0.5, 0.6) is 0 Å². The molecule has 0 bridgehead atoms. The molecule has 10 nitrogen and oxygen atoms in total. The topological polar surface area (TPSA) is 141 Å². The second kappa shape index (κ2) is 12.2. The Morgan fingerprint density at radius 2 is 1.00 bits per heavy atom. The minimum Gasteiger partial charge on any atom is -0.355 e. The van der Waals surface area contributed by atoms with E-state index in [1.165, 1.54) is 12.4 Å². The normalized spacial score (nSPS) is 22.3. The molecule has 4 amide bonds. The SMILES string of the molecule is O=C1NC[C@H](c2ccccc2)[C@H]1C(=O)N/N=C\c1ccccc1/C=N/NC(=O)[C@H]1C(=O)NC[C@H]1c1ccccc1. The van der Waals surface area contributed by atoms with E-state index in [9.17, 15) is 19.2 Å². The van der Waals surface area contributed by atoms with Crippen LogP contribution in [0.15, 0.2) is 95.1 Å². The third-order valence-electron chi connectivity index (χ3n) is 7.14. The number of nitrogens with zero attached hydrogens (tertiary/aromatic N) is 2. The molecule has 2 heterocycles. The second-order valence-corrected chi connectivity index (χ2v) is 9.58. The smallest absolute Gasteiger partial charge is 0.253 e. The van der Waals surface area contributed by atoms with E-state index in [-0.39, 0.29) is 23.7 Å². The zero-order chi connectivity index (χ0) is 27.9. The van der Waals surface area contributed by atoms with Crippen LogP contribution < -0.4 is 21.5 Å². The van der Waals surface area contributed by atoms with E-state index >= 15 is 0 Å². The van der Waals surface area contributed by atoms with Crippen LogP contribution in [0.1, 0.15) is 34.1 Å². The predicted octanol–water partition coefficient (Wildman–Crippen LogP) is 1.65. The molecule has 2 saturated heterocycles. The molecule has 0 spiro atoms. The first-order valence-electron chi connectivity index (χ1n) is 12.9. The summed E-state index contributed by atoms with van der Waals surface area (Å²) in [6, 6.07) is 25.9. The quantitative estimate of drug-likeness (QED) is 0.197. The van der Waals surface area contributed by atoms with Crippen molar-refractivity contribution in [3.63, 3.8) is 0 Å². The van der Waals surface area contributed by atoms with Crippen LogP contribution in [0.25, 0.3) is 0 Å². The number of nitrogens with one attached hydrogen (secondary N) is 4. The molecule has 0 aromatic heterocycles. The van der Waals surface area contributed by atoms with Gasteiger partial charge in [-0.15, -0.1) is 0 Å². The fourth-order valence-electron chi connectivity index (χ4n) is 5.08. The van der Waals surface area contributed by atoms with E-state index in [0.717, 1.165) is 11.1 Å². The average Bonchev–Trinajstić information content (AvgIpc) is 3.57. The van der Waals surface area contributed by atoms with E-state index in [1.54, 1.807) is 24.3 Å². The Bertz CT molecular complexity index is 1350. The summed E-state index contributed by atoms with van der Waals surface area (Å²) >= 11 is 0. The molecule has 10 heteroatoms. The number of carbonyl (C=O) groups excluding carboxylic acids is 4. The first-order chi connectivity index (χ1) is 19.5. The highest BCUT2D eigenvalue weighted by atomic mass is 16.2. The van der Waals surface area contributed by atoms with Crippen LogP contribution in [-0.2, 0) is 19.2 Å². The fourth-order valence-corrected chi connectivity index (χ4v) is 5.08. The lowest BCUT2D eigenvalue weighted by Gasteiger charge is -2.15. The molecular weight excluding hydrogens is 508 g/mol. The van der Waals surface area contributed by atoms with Gasteiger partial charge in [0.05, 0.1) is 12.4 Å². The number of rotatable bonds is 8. The van der Waals surface area contributed by atoms with Gasteiger partial charge >= 0.3 is 0 Å². The van der Waals surface area contributed by atoms with Gasteiger partial charge in [-0.05, 0) is 11.1 Å². The standard InChI is InChI=1S/C30H28N6O4/c37-27-25(23(17-31-27)19-9-3-1-4-10-19)29(39)35-33-15-21-13-7-8-14-22(21)16-34-36-30(40)26-24(18-32-28(26)38)20-11-5-2-6-12-20/h1-16,23-26H,17-18H2,(H,31,37)(H,32,38)(H,35,39)(H,36,40)/b33-15-,34-16+/t23-,24+,25-,26-/m1/s1. The monoisotopic (exact) mass is 536 g/mol. The third-order valence-corrected chi connectivity index (χ3v) is 7.14. The van der Waals surface area contributed by atoms with Gasteiger partial charge in [0.15, 0.2) is 0 Å². The summed E-state index contributed by atoms with van der Waals surface area (Å²) in [5.74, 6) is -4.02. The summed E-state index contributed by atoms with van der Waals surface area (Å²) in [7, 11) is 0. The number of hydrazone groups is 2. The van der Waals surface area contributed by atoms with Crippen molar-refractivity contribution in [3.05, 3.63) is 107 Å². The minimum absolute atomic E-state index is 0.282. The summed E-state index contributed by atoms with van der Waals surface area (Å²) in [6.07, 6.45) is 2.89. The summed E-state index contributed by atoms with van der Waals surface area (Å²) in [6.45, 7) is 0.758. The van der Waals surface area contributed by atoms with Crippen LogP contribution in [0.2, 0.25) is 0 Å². The molecule has 3 aromatic rings. The first kappa shape index (κ1) is 26.5. The molecule has 3 aromatic carbocycles.